The van der Waals surface area contributed by atoms with Crippen molar-refractivity contribution < 1.29 is 8.42 Å². The third-order valence-corrected chi connectivity index (χ3v) is 7.67. The molecule has 0 spiro atoms. The second kappa shape index (κ2) is 7.22. The quantitative estimate of drug-likeness (QED) is 0.903. The Balaban J connectivity index is 2.27. The summed E-state index contributed by atoms with van der Waals surface area (Å²) in [4.78, 5) is 1.46. The maximum atomic E-state index is 13.0. The maximum absolute atomic E-state index is 13.0. The van der Waals surface area contributed by atoms with Crippen molar-refractivity contribution in [2.75, 3.05) is 20.1 Å². The van der Waals surface area contributed by atoms with Crippen LogP contribution in [0.25, 0.3) is 0 Å². The summed E-state index contributed by atoms with van der Waals surface area (Å²) in [5, 5.41) is 5.02. The first kappa shape index (κ1) is 16.9. The molecular weight excluding hydrogens is 304 g/mol. The van der Waals surface area contributed by atoms with Crippen molar-refractivity contribution in [1.82, 2.24) is 9.62 Å². The van der Waals surface area contributed by atoms with Crippen LogP contribution in [0.4, 0.5) is 0 Å². The van der Waals surface area contributed by atoms with Crippen molar-refractivity contribution in [1.29, 1.82) is 0 Å². The van der Waals surface area contributed by atoms with Gasteiger partial charge in [0.05, 0.1) is 0 Å². The molecule has 0 bridgehead atoms. The molecule has 0 radical (unpaired) electrons. The first-order valence-electron chi connectivity index (χ1n) is 7.72. The number of thiophene rings is 1. The van der Waals surface area contributed by atoms with Crippen LogP contribution in [-0.4, -0.2) is 32.9 Å². The number of sulfonamides is 1. The molecule has 1 aliphatic rings. The zero-order valence-corrected chi connectivity index (χ0v) is 14.8. The molecule has 6 heteroatoms. The Morgan fingerprint density at radius 1 is 1.38 bits per heavy atom. The number of nitrogens with zero attached hydrogens (tertiary/aromatic N) is 1. The molecule has 4 nitrogen and oxygen atoms in total. The Morgan fingerprint density at radius 3 is 2.81 bits per heavy atom. The van der Waals surface area contributed by atoms with E-state index in [-0.39, 0.29) is 0 Å². The van der Waals surface area contributed by atoms with Crippen LogP contribution in [0.1, 0.15) is 43.0 Å². The monoisotopic (exact) mass is 330 g/mol. The van der Waals surface area contributed by atoms with Crippen LogP contribution in [0.3, 0.4) is 0 Å². The Kier molecular flexibility index (Phi) is 5.82. The van der Waals surface area contributed by atoms with Gasteiger partial charge < -0.3 is 5.32 Å². The van der Waals surface area contributed by atoms with Gasteiger partial charge in [-0.1, -0.05) is 13.3 Å². The number of aryl methyl sites for hydroxylation is 1. The molecule has 2 rings (SSSR count). The summed E-state index contributed by atoms with van der Waals surface area (Å²) in [5.74, 6) is 0.672. The minimum absolute atomic E-state index is 0.539. The maximum Gasteiger partial charge on any atom is 0.244 e. The van der Waals surface area contributed by atoms with Gasteiger partial charge in [-0.25, -0.2) is 8.42 Å². The lowest BCUT2D eigenvalue weighted by Crippen LogP contribution is -2.33. The van der Waals surface area contributed by atoms with Gasteiger partial charge in [0.25, 0.3) is 0 Å². The second-order valence-electron chi connectivity index (χ2n) is 5.81. The molecule has 0 saturated carbocycles. The predicted octanol–water partition coefficient (Wildman–Crippen LogP) is 2.98. The molecule has 120 valence electrons. The molecule has 21 heavy (non-hydrogen) atoms. The van der Waals surface area contributed by atoms with Gasteiger partial charge in [0.1, 0.15) is 4.90 Å². The molecular formula is C15H26N2O2S2. The van der Waals surface area contributed by atoms with Crippen LogP contribution in [0.5, 0.6) is 0 Å². The van der Waals surface area contributed by atoms with E-state index in [1.165, 1.54) is 11.3 Å². The van der Waals surface area contributed by atoms with Gasteiger partial charge in [0.2, 0.25) is 10.0 Å². The van der Waals surface area contributed by atoms with Gasteiger partial charge in [-0.05, 0) is 50.1 Å². The average molecular weight is 331 g/mol. The van der Waals surface area contributed by atoms with E-state index in [0.29, 0.717) is 30.4 Å². The molecule has 0 aliphatic carbocycles. The highest BCUT2D eigenvalue weighted by Crippen LogP contribution is 2.31. The predicted molar refractivity (Wildman–Crippen MR) is 88.2 cm³/mol. The first-order valence-corrected chi connectivity index (χ1v) is 10.0. The minimum Gasteiger partial charge on any atom is -0.315 e. The lowest BCUT2D eigenvalue weighted by molar-refractivity contribution is 0.407. The fraction of sp³-hybridized carbons (Fsp3) is 0.733. The highest BCUT2D eigenvalue weighted by Gasteiger charge is 2.31. The lowest BCUT2D eigenvalue weighted by atomic mass is 9.98. The van der Waals surface area contributed by atoms with Crippen LogP contribution in [0.2, 0.25) is 0 Å². The molecule has 1 saturated heterocycles. The summed E-state index contributed by atoms with van der Waals surface area (Å²) in [6.07, 6.45) is 4.26. The van der Waals surface area contributed by atoms with E-state index >= 15 is 0 Å². The largest absolute Gasteiger partial charge is 0.315 e. The molecule has 1 aromatic heterocycles. The van der Waals surface area contributed by atoms with Gasteiger partial charge in [-0.2, -0.15) is 4.31 Å². The highest BCUT2D eigenvalue weighted by molar-refractivity contribution is 7.89. The van der Waals surface area contributed by atoms with Crippen molar-refractivity contribution >= 4 is 21.4 Å². The fourth-order valence-corrected chi connectivity index (χ4v) is 6.30. The van der Waals surface area contributed by atoms with Gasteiger partial charge in [0.15, 0.2) is 0 Å². The van der Waals surface area contributed by atoms with Crippen molar-refractivity contribution in [3.8, 4) is 0 Å². The molecule has 1 unspecified atom stereocenters. The molecule has 1 fully saturated rings. The lowest BCUT2D eigenvalue weighted by Gasteiger charge is -2.21. The van der Waals surface area contributed by atoms with Gasteiger partial charge in [0, 0.05) is 24.5 Å². The summed E-state index contributed by atoms with van der Waals surface area (Å²) >= 11 is 1.53. The third-order valence-electron chi connectivity index (χ3n) is 4.31. The summed E-state index contributed by atoms with van der Waals surface area (Å²) in [5.41, 5.74) is 0.876. The molecule has 1 aliphatic heterocycles. The van der Waals surface area contributed by atoms with Gasteiger partial charge in [-0.3, -0.25) is 0 Å². The first-order chi connectivity index (χ1) is 10.0. The van der Waals surface area contributed by atoms with Crippen molar-refractivity contribution in [2.24, 2.45) is 5.92 Å². The van der Waals surface area contributed by atoms with Crippen LogP contribution in [0, 0.1) is 12.8 Å². The summed E-state index contributed by atoms with van der Waals surface area (Å²) < 4.78 is 27.7. The standard InChI is InChI=1S/C15H26N2O2S2/c1-4-13-6-5-8-17(9-7-13)21(18,19)15-12(2)11-20-14(15)10-16-3/h11,13,16H,4-10H2,1-3H3. The normalized spacial score (nSPS) is 21.4. The molecule has 0 amide bonds. The Labute approximate surface area is 132 Å². The zero-order chi connectivity index (χ0) is 15.5. The van der Waals surface area contributed by atoms with Crippen molar-refractivity contribution in [2.45, 2.75) is 51.0 Å². The molecule has 1 N–H and O–H groups in total. The van der Waals surface area contributed by atoms with Crippen LogP contribution < -0.4 is 5.32 Å². The van der Waals surface area contributed by atoms with Gasteiger partial charge >= 0.3 is 0 Å². The van der Waals surface area contributed by atoms with Crippen molar-refractivity contribution in [3.05, 3.63) is 15.8 Å². The van der Waals surface area contributed by atoms with E-state index in [9.17, 15) is 8.42 Å². The molecule has 0 aromatic carbocycles. The van der Waals surface area contributed by atoms with Crippen molar-refractivity contribution in [3.63, 3.8) is 0 Å². The smallest absolute Gasteiger partial charge is 0.244 e. The van der Waals surface area contributed by atoms with Crippen LogP contribution >= 0.6 is 11.3 Å². The number of rotatable bonds is 5. The van der Waals surface area contributed by atoms with E-state index in [2.05, 4.69) is 12.2 Å². The minimum atomic E-state index is -3.35. The van der Waals surface area contributed by atoms with E-state index in [1.54, 1.807) is 4.31 Å². The number of hydrogen-bond donors (Lipinski definition) is 1. The Bertz CT molecular complexity index is 566. The summed E-state index contributed by atoms with van der Waals surface area (Å²) in [6.45, 7) is 6.03. The summed E-state index contributed by atoms with van der Waals surface area (Å²) in [6, 6.07) is 0. The van der Waals surface area contributed by atoms with E-state index in [1.807, 2.05) is 19.4 Å². The number of nitrogens with one attached hydrogen (secondary N) is 1. The Morgan fingerprint density at radius 2 is 2.14 bits per heavy atom. The average Bonchev–Trinajstić information content (AvgIpc) is 2.68. The third kappa shape index (κ3) is 3.67. The SMILES string of the molecule is CCC1CCCN(S(=O)(=O)c2c(C)csc2CNC)CC1. The van der Waals surface area contributed by atoms with Gasteiger partial charge in [-0.15, -0.1) is 11.3 Å². The van der Waals surface area contributed by atoms with Crippen LogP contribution in [0.15, 0.2) is 10.3 Å². The summed E-state index contributed by atoms with van der Waals surface area (Å²) in [7, 11) is -1.50. The highest BCUT2D eigenvalue weighted by atomic mass is 32.2. The molecule has 1 atom stereocenters. The van der Waals surface area contributed by atoms with Crippen LogP contribution in [-0.2, 0) is 16.6 Å². The Hall–Kier alpha value is -0.430. The zero-order valence-electron chi connectivity index (χ0n) is 13.2. The second-order valence-corrected chi connectivity index (χ2v) is 8.65. The topological polar surface area (TPSA) is 49.4 Å². The fourth-order valence-electron chi connectivity index (χ4n) is 3.03. The van der Waals surface area contributed by atoms with E-state index < -0.39 is 10.0 Å². The number of hydrogen-bond acceptors (Lipinski definition) is 4. The molecule has 1 aromatic rings. The van der Waals surface area contributed by atoms with E-state index in [4.69, 9.17) is 0 Å². The van der Waals surface area contributed by atoms with E-state index in [0.717, 1.165) is 36.1 Å². The molecule has 2 heterocycles.